The second kappa shape index (κ2) is 53.0. The Hall–Kier alpha value is -4.80. The molecule has 580 valence electrons. The summed E-state index contributed by atoms with van der Waals surface area (Å²) in [5, 5.41) is 106. The van der Waals surface area contributed by atoms with E-state index in [2.05, 4.69) is 31.9 Å². The van der Waals surface area contributed by atoms with E-state index in [0.717, 1.165) is 0 Å². The Morgan fingerprint density at radius 1 is 0.370 bits per heavy atom. The van der Waals surface area contributed by atoms with Gasteiger partial charge in [-0.3, -0.25) is 38.4 Å². The van der Waals surface area contributed by atoms with Crippen molar-refractivity contribution in [3.05, 3.63) is 0 Å². The summed E-state index contributed by atoms with van der Waals surface area (Å²) in [6.07, 6.45) is -13.4. The zero-order chi connectivity index (χ0) is 73.6. The number of rotatable bonds is 57. The Bertz CT molecular complexity index is 2310. The van der Waals surface area contributed by atoms with Gasteiger partial charge in [-0.15, -0.1) is 0 Å². The second-order valence-corrected chi connectivity index (χ2v) is 23.5. The first kappa shape index (κ1) is 89.4. The maximum Gasteiger partial charge on any atom is 0.246 e. The maximum absolute atomic E-state index is 13.9. The predicted molar refractivity (Wildman–Crippen MR) is 341 cm³/mol. The number of Topliss-reactive ketones (excluding diaryl/α,β-unsaturated/α-hetero) is 2. The van der Waals surface area contributed by atoms with Crippen molar-refractivity contribution in [2.24, 2.45) is 5.92 Å². The molecule has 0 spiro atoms. The van der Waals surface area contributed by atoms with Gasteiger partial charge in [-0.05, 0) is 39.0 Å². The normalized spacial score (nSPS) is 25.9. The summed E-state index contributed by atoms with van der Waals surface area (Å²) >= 11 is 0. The minimum absolute atomic E-state index is 0.00192. The smallest absolute Gasteiger partial charge is 0.246 e. The van der Waals surface area contributed by atoms with Crippen molar-refractivity contribution in [3.8, 4) is 0 Å². The number of carbonyl (C=O) groups excluding carboxylic acids is 8. The van der Waals surface area contributed by atoms with Gasteiger partial charge in [0.05, 0.1) is 145 Å². The molecule has 38 nitrogen and oxygen atoms in total. The molecule has 0 bridgehead atoms. The lowest BCUT2D eigenvalue weighted by Gasteiger charge is -2.42. The van der Waals surface area contributed by atoms with E-state index in [0.29, 0.717) is 32.1 Å². The number of ketones is 2. The lowest BCUT2D eigenvalue weighted by atomic mass is 9.89. The molecule has 100 heavy (non-hydrogen) atoms. The van der Waals surface area contributed by atoms with Crippen molar-refractivity contribution in [2.45, 2.75) is 171 Å². The number of ether oxygens (including phenoxy) is 15. The van der Waals surface area contributed by atoms with Crippen LogP contribution in [0.2, 0.25) is 0 Å². The van der Waals surface area contributed by atoms with Crippen LogP contribution < -0.4 is 31.9 Å². The average Bonchev–Trinajstić information content (AvgIpc) is 0.824. The third-order valence-corrected chi connectivity index (χ3v) is 15.5. The molecule has 3 aliphatic heterocycles. The molecule has 3 fully saturated rings. The van der Waals surface area contributed by atoms with Gasteiger partial charge in [-0.25, -0.2) is 0 Å². The first-order valence-corrected chi connectivity index (χ1v) is 33.6. The molecule has 0 aromatic carbocycles. The van der Waals surface area contributed by atoms with Crippen molar-refractivity contribution in [2.75, 3.05) is 172 Å². The zero-order valence-electron chi connectivity index (χ0n) is 57.6. The molecule has 38 heteroatoms. The average molecular weight is 1450 g/mol. The quantitative estimate of drug-likeness (QED) is 0.0252. The SMILES string of the molecule is CC(=O)N[C@H]1[C@H](OCCOCCOCCOCC(=O)NCCCCC(CC(=O)C(CCCCNC(=O)COCCOCCOCCO[C@@H]2O[C@H](CO)[C@H](O)[C@H](O)[C@H]2NC(C)=O)NC(=O)COCCOCCOCCO[C@@H]2O[C@H](CO)[C@H](O)[C@H](O)[C@H]2NC(C)=O)C(C)=O)O[C@H](CO)[C@H](O)[C@@H]1O. The number of hydrogen-bond acceptors (Lipinski definition) is 32. The summed E-state index contributed by atoms with van der Waals surface area (Å²) in [5.74, 6) is -4.10. The monoisotopic (exact) mass is 1450 g/mol. The van der Waals surface area contributed by atoms with Crippen LogP contribution in [0.15, 0.2) is 0 Å². The number of nitrogens with one attached hydrogen (secondary N) is 6. The molecule has 0 aliphatic carbocycles. The van der Waals surface area contributed by atoms with Crippen LogP contribution in [0, 0.1) is 5.92 Å². The predicted octanol–water partition coefficient (Wildman–Crippen LogP) is -7.76. The molecule has 15 N–H and O–H groups in total. The highest BCUT2D eigenvalue weighted by Gasteiger charge is 2.48. The molecule has 0 saturated carbocycles. The van der Waals surface area contributed by atoms with E-state index in [4.69, 9.17) is 71.1 Å². The molecule has 2 unspecified atom stereocenters. The maximum atomic E-state index is 13.9. The Morgan fingerprint density at radius 3 is 0.960 bits per heavy atom. The molecule has 0 radical (unpaired) electrons. The molecule has 3 heterocycles. The molecule has 3 rings (SSSR count). The van der Waals surface area contributed by atoms with E-state index in [1.54, 1.807) is 0 Å². The van der Waals surface area contributed by atoms with E-state index in [-0.39, 0.29) is 176 Å². The van der Waals surface area contributed by atoms with Gasteiger partial charge in [-0.1, -0.05) is 6.42 Å². The zero-order valence-corrected chi connectivity index (χ0v) is 57.6. The number of hydrogen-bond donors (Lipinski definition) is 15. The van der Waals surface area contributed by atoms with Gasteiger partial charge in [0.15, 0.2) is 24.7 Å². The molecule has 0 aromatic heterocycles. The van der Waals surface area contributed by atoms with E-state index in [1.807, 2.05) is 0 Å². The van der Waals surface area contributed by atoms with Crippen LogP contribution >= 0.6 is 0 Å². The summed E-state index contributed by atoms with van der Waals surface area (Å²) in [6.45, 7) is 4.73. The summed E-state index contributed by atoms with van der Waals surface area (Å²) in [4.78, 5) is 99.7. The first-order chi connectivity index (χ1) is 48.0. The molecular formula is C62H110N6O32. The van der Waals surface area contributed by atoms with Crippen LogP contribution in [-0.2, 0) is 109 Å². The molecule has 3 aliphatic rings. The number of aliphatic hydroxyl groups is 9. The molecular weight excluding hydrogens is 1340 g/mol. The Kier molecular flexibility index (Phi) is 47.4. The van der Waals surface area contributed by atoms with Gasteiger partial charge < -0.3 is 149 Å². The molecule has 3 saturated heterocycles. The summed E-state index contributed by atoms with van der Waals surface area (Å²) in [6, 6.07) is -4.25. The summed E-state index contributed by atoms with van der Waals surface area (Å²) in [7, 11) is 0. The van der Waals surface area contributed by atoms with Crippen molar-refractivity contribution in [1.29, 1.82) is 0 Å². The number of amides is 6. The van der Waals surface area contributed by atoms with Crippen LogP contribution in [0.1, 0.15) is 72.6 Å². The van der Waals surface area contributed by atoms with Gasteiger partial charge in [0.2, 0.25) is 35.4 Å². The van der Waals surface area contributed by atoms with Crippen LogP contribution in [0.5, 0.6) is 0 Å². The van der Waals surface area contributed by atoms with E-state index in [1.165, 1.54) is 27.7 Å². The number of aliphatic hydroxyl groups excluding tert-OH is 9. The standard InChI is InChI=1S/C62H110N6O32/c1-38(72)42(9-5-7-11-63-48(77)35-92-22-19-86-13-16-89-25-28-95-60-51(65-39(2)73)57(83)54(80)45(32-69)98-60)31-44(76)43(68-50(79)37-94-24-21-88-15-18-91-27-30-97-62-53(67-41(4)75)59(85)56(82)47(34-71)100-62)10-6-8-12-64-49(78)36-93-23-20-87-14-17-90-26-29-96-61-52(66-40(3)74)58(84)55(81)46(33-70)99-61/h42-43,45-47,51-62,69-71,80-85H,5-37H2,1-4H3,(H,63,77)(H,64,78)(H,65,73)(H,66,74)(H,67,75)(H,68,79)/t42?,43?,45-,46-,47-,51-,52-,53-,54+,55+,56+,57-,58-,59-,60-,61-,62-/m1/s1. The molecule has 0 aromatic rings. The van der Waals surface area contributed by atoms with Crippen LogP contribution in [-0.4, -0.2) is 363 Å². The van der Waals surface area contributed by atoms with Crippen LogP contribution in [0.25, 0.3) is 0 Å². The summed E-state index contributed by atoms with van der Waals surface area (Å²) in [5.41, 5.74) is 0. The lowest BCUT2D eigenvalue weighted by molar-refractivity contribution is -0.272. The highest BCUT2D eigenvalue weighted by atomic mass is 16.7. The molecule has 6 amide bonds. The van der Waals surface area contributed by atoms with Gasteiger partial charge >= 0.3 is 0 Å². The van der Waals surface area contributed by atoms with Crippen molar-refractivity contribution >= 4 is 47.0 Å². The fraction of sp³-hybridized carbons (Fsp3) is 0.871. The van der Waals surface area contributed by atoms with Gasteiger partial charge in [0, 0.05) is 46.2 Å². The Balaban J connectivity index is 1.34. The second-order valence-electron chi connectivity index (χ2n) is 23.5. The number of unbranched alkanes of at least 4 members (excludes halogenated alkanes) is 2. The van der Waals surface area contributed by atoms with Gasteiger partial charge in [0.1, 0.15) is 98.7 Å². The molecule has 17 atom stereocenters. The first-order valence-electron chi connectivity index (χ1n) is 33.6. The van der Waals surface area contributed by atoms with Crippen molar-refractivity contribution < 1.29 is 155 Å². The minimum atomic E-state index is -1.46. The van der Waals surface area contributed by atoms with E-state index >= 15 is 0 Å². The van der Waals surface area contributed by atoms with E-state index in [9.17, 15) is 84.3 Å². The lowest BCUT2D eigenvalue weighted by Crippen LogP contribution is -2.64. The third-order valence-electron chi connectivity index (χ3n) is 15.5. The van der Waals surface area contributed by atoms with Gasteiger partial charge in [0.25, 0.3) is 0 Å². The topological polar surface area (TPSA) is 529 Å². The van der Waals surface area contributed by atoms with Gasteiger partial charge in [-0.2, -0.15) is 0 Å². The van der Waals surface area contributed by atoms with Crippen LogP contribution in [0.3, 0.4) is 0 Å². The Labute approximate surface area is 580 Å². The highest BCUT2D eigenvalue weighted by molar-refractivity contribution is 5.92. The van der Waals surface area contributed by atoms with Crippen LogP contribution in [0.4, 0.5) is 0 Å². The Morgan fingerprint density at radius 2 is 0.660 bits per heavy atom. The largest absolute Gasteiger partial charge is 0.394 e. The highest BCUT2D eigenvalue weighted by Crippen LogP contribution is 2.25. The fourth-order valence-electron chi connectivity index (χ4n) is 10.3. The van der Waals surface area contributed by atoms with Crippen molar-refractivity contribution in [1.82, 2.24) is 31.9 Å². The van der Waals surface area contributed by atoms with Crippen molar-refractivity contribution in [3.63, 3.8) is 0 Å². The third kappa shape index (κ3) is 36.6. The summed E-state index contributed by atoms with van der Waals surface area (Å²) < 4.78 is 82.5. The fourth-order valence-corrected chi connectivity index (χ4v) is 10.3. The number of carbonyl (C=O) groups is 8. The van der Waals surface area contributed by atoms with E-state index < -0.39 is 160 Å². The minimum Gasteiger partial charge on any atom is -0.394 e.